The molecular weight excluding hydrogens is 256 g/mol. The summed E-state index contributed by atoms with van der Waals surface area (Å²) in [5.74, 6) is -1.04. The van der Waals surface area contributed by atoms with Crippen LogP contribution in [-0.2, 0) is 4.79 Å². The smallest absolute Gasteiger partial charge is 0.326 e. The van der Waals surface area contributed by atoms with Crippen LogP contribution in [0.4, 0.5) is 4.79 Å². The lowest BCUT2D eigenvalue weighted by Gasteiger charge is -2.24. The molecule has 0 aromatic carbocycles. The summed E-state index contributed by atoms with van der Waals surface area (Å²) in [4.78, 5) is 23.1. The van der Waals surface area contributed by atoms with Crippen molar-refractivity contribution in [1.29, 1.82) is 0 Å². The van der Waals surface area contributed by atoms with Crippen molar-refractivity contribution in [2.24, 2.45) is 5.92 Å². The van der Waals surface area contributed by atoms with Crippen LogP contribution in [0.5, 0.6) is 0 Å². The first-order valence-electron chi connectivity index (χ1n) is 7.84. The highest BCUT2D eigenvalue weighted by molar-refractivity contribution is 5.82. The Morgan fingerprint density at radius 2 is 1.70 bits per heavy atom. The molecule has 0 aromatic heterocycles. The second kappa shape index (κ2) is 8.82. The molecule has 1 aliphatic rings. The lowest BCUT2D eigenvalue weighted by atomic mass is 9.97. The van der Waals surface area contributed by atoms with Crippen LogP contribution >= 0.6 is 0 Å². The van der Waals surface area contributed by atoms with E-state index in [4.69, 9.17) is 5.11 Å². The number of amides is 2. The Labute approximate surface area is 121 Å². The molecule has 2 atom stereocenters. The predicted octanol–water partition coefficient (Wildman–Crippen LogP) is 2.90. The van der Waals surface area contributed by atoms with Crippen molar-refractivity contribution < 1.29 is 14.7 Å². The number of nitrogens with one attached hydrogen (secondary N) is 2. The number of carboxylic acids is 1. The molecule has 1 saturated carbocycles. The van der Waals surface area contributed by atoms with Gasteiger partial charge in [0.2, 0.25) is 0 Å². The molecule has 116 valence electrons. The number of urea groups is 1. The Morgan fingerprint density at radius 1 is 1.15 bits per heavy atom. The summed E-state index contributed by atoms with van der Waals surface area (Å²) in [5.41, 5.74) is 0. The van der Waals surface area contributed by atoms with Crippen molar-refractivity contribution in [3.05, 3.63) is 0 Å². The lowest BCUT2D eigenvalue weighted by molar-refractivity contribution is -0.140. The quantitative estimate of drug-likeness (QED) is 0.726. The number of aliphatic carboxylic acids is 1. The minimum Gasteiger partial charge on any atom is -0.480 e. The highest BCUT2D eigenvalue weighted by atomic mass is 16.4. The second-order valence-corrected chi connectivity index (χ2v) is 5.86. The van der Waals surface area contributed by atoms with Gasteiger partial charge in [-0.15, -0.1) is 0 Å². The maximum absolute atomic E-state index is 12.0. The minimum absolute atomic E-state index is 0.0735. The van der Waals surface area contributed by atoms with Gasteiger partial charge in [0, 0.05) is 6.04 Å². The summed E-state index contributed by atoms with van der Waals surface area (Å²) in [5, 5.41) is 14.7. The average molecular weight is 284 g/mol. The van der Waals surface area contributed by atoms with Crippen LogP contribution in [0.1, 0.15) is 65.2 Å². The molecule has 0 heterocycles. The van der Waals surface area contributed by atoms with Gasteiger partial charge in [0.15, 0.2) is 0 Å². The van der Waals surface area contributed by atoms with Crippen molar-refractivity contribution >= 4 is 12.0 Å². The topological polar surface area (TPSA) is 78.4 Å². The molecule has 0 aliphatic heterocycles. The summed E-state index contributed by atoms with van der Waals surface area (Å²) in [7, 11) is 0. The molecule has 5 nitrogen and oxygen atoms in total. The molecule has 1 fully saturated rings. The third kappa shape index (κ3) is 5.80. The third-order valence-corrected chi connectivity index (χ3v) is 4.21. The number of carbonyl (C=O) groups excluding carboxylic acids is 1. The highest BCUT2D eigenvalue weighted by Gasteiger charge is 2.26. The molecule has 0 bridgehead atoms. The van der Waals surface area contributed by atoms with Crippen LogP contribution in [0.2, 0.25) is 0 Å². The van der Waals surface area contributed by atoms with Gasteiger partial charge in [-0.25, -0.2) is 9.59 Å². The van der Waals surface area contributed by atoms with E-state index in [9.17, 15) is 9.59 Å². The Morgan fingerprint density at radius 3 is 2.20 bits per heavy atom. The van der Waals surface area contributed by atoms with E-state index in [0.717, 1.165) is 32.1 Å². The molecule has 20 heavy (non-hydrogen) atoms. The van der Waals surface area contributed by atoms with E-state index in [1.165, 1.54) is 19.3 Å². The summed E-state index contributed by atoms with van der Waals surface area (Å²) >= 11 is 0. The normalized spacial score (nSPS) is 20.3. The molecule has 1 aliphatic carbocycles. The Bertz CT molecular complexity index is 312. The first kappa shape index (κ1) is 16.8. The Hall–Kier alpha value is -1.26. The van der Waals surface area contributed by atoms with Gasteiger partial charge in [0.1, 0.15) is 6.04 Å². The molecule has 1 rings (SSSR count). The zero-order valence-electron chi connectivity index (χ0n) is 12.7. The third-order valence-electron chi connectivity index (χ3n) is 4.21. The zero-order valence-corrected chi connectivity index (χ0v) is 12.7. The monoisotopic (exact) mass is 284 g/mol. The molecule has 5 heteroatoms. The summed E-state index contributed by atoms with van der Waals surface area (Å²) < 4.78 is 0. The van der Waals surface area contributed by atoms with Crippen LogP contribution in [0.15, 0.2) is 0 Å². The van der Waals surface area contributed by atoms with Crippen LogP contribution in [0.3, 0.4) is 0 Å². The van der Waals surface area contributed by atoms with Crippen LogP contribution in [0, 0.1) is 5.92 Å². The van der Waals surface area contributed by atoms with Crippen molar-refractivity contribution in [3.8, 4) is 0 Å². The summed E-state index contributed by atoms with van der Waals surface area (Å²) in [6.07, 6.45) is 8.73. The summed E-state index contributed by atoms with van der Waals surface area (Å²) in [6, 6.07) is -0.974. The van der Waals surface area contributed by atoms with Crippen molar-refractivity contribution in [1.82, 2.24) is 10.6 Å². The minimum atomic E-state index is -0.966. The van der Waals surface area contributed by atoms with Crippen molar-refractivity contribution in [2.75, 3.05) is 0 Å². The van der Waals surface area contributed by atoms with Gasteiger partial charge in [0.25, 0.3) is 0 Å². The first-order valence-corrected chi connectivity index (χ1v) is 7.84. The number of rotatable bonds is 5. The molecule has 3 N–H and O–H groups in total. The van der Waals surface area contributed by atoms with Crippen molar-refractivity contribution in [2.45, 2.75) is 77.3 Å². The van der Waals surface area contributed by atoms with E-state index in [1.54, 1.807) is 0 Å². The molecule has 0 radical (unpaired) electrons. The van der Waals surface area contributed by atoms with E-state index in [0.29, 0.717) is 0 Å². The first-order chi connectivity index (χ1) is 9.54. The second-order valence-electron chi connectivity index (χ2n) is 5.86. The Balaban J connectivity index is 2.45. The Kier molecular flexibility index (Phi) is 7.41. The molecule has 0 aromatic rings. The van der Waals surface area contributed by atoms with Gasteiger partial charge in [0.05, 0.1) is 0 Å². The number of carboxylic acid groups (broad SMARTS) is 1. The molecular formula is C15H28N2O3. The molecule has 2 unspecified atom stereocenters. The van der Waals surface area contributed by atoms with Gasteiger partial charge < -0.3 is 15.7 Å². The van der Waals surface area contributed by atoms with Crippen LogP contribution < -0.4 is 10.6 Å². The maximum Gasteiger partial charge on any atom is 0.326 e. The van der Waals surface area contributed by atoms with Crippen molar-refractivity contribution in [3.63, 3.8) is 0 Å². The van der Waals surface area contributed by atoms with E-state index in [2.05, 4.69) is 10.6 Å². The van der Waals surface area contributed by atoms with Crippen LogP contribution in [0.25, 0.3) is 0 Å². The number of carbonyl (C=O) groups is 2. The fraction of sp³-hybridized carbons (Fsp3) is 0.867. The van der Waals surface area contributed by atoms with Crippen LogP contribution in [-0.4, -0.2) is 29.2 Å². The van der Waals surface area contributed by atoms with Gasteiger partial charge in [-0.3, -0.25) is 0 Å². The van der Waals surface area contributed by atoms with E-state index in [-0.39, 0.29) is 18.0 Å². The SMILES string of the molecule is CCC(C)C(NC(=O)NC1CCCCCCC1)C(=O)O. The van der Waals surface area contributed by atoms with E-state index >= 15 is 0 Å². The largest absolute Gasteiger partial charge is 0.480 e. The molecule has 2 amide bonds. The maximum atomic E-state index is 12.0. The van der Waals surface area contributed by atoms with E-state index < -0.39 is 12.0 Å². The predicted molar refractivity (Wildman–Crippen MR) is 78.7 cm³/mol. The number of hydrogen-bond donors (Lipinski definition) is 3. The lowest BCUT2D eigenvalue weighted by Crippen LogP contribution is -2.51. The molecule has 0 saturated heterocycles. The standard InChI is InChI=1S/C15H28N2O3/c1-3-11(2)13(14(18)19)17-15(20)16-12-9-7-5-4-6-8-10-12/h11-13H,3-10H2,1-2H3,(H,18,19)(H2,16,17,20). The van der Waals surface area contributed by atoms with Gasteiger partial charge in [-0.2, -0.15) is 0 Å². The average Bonchev–Trinajstić information content (AvgIpc) is 2.37. The van der Waals surface area contributed by atoms with Gasteiger partial charge in [-0.1, -0.05) is 52.4 Å². The van der Waals surface area contributed by atoms with Gasteiger partial charge in [-0.05, 0) is 18.8 Å². The van der Waals surface area contributed by atoms with E-state index in [1.807, 2.05) is 13.8 Å². The fourth-order valence-corrected chi connectivity index (χ4v) is 2.65. The number of hydrogen-bond acceptors (Lipinski definition) is 2. The fourth-order valence-electron chi connectivity index (χ4n) is 2.65. The zero-order chi connectivity index (χ0) is 15.0. The molecule has 0 spiro atoms. The summed E-state index contributed by atoms with van der Waals surface area (Å²) in [6.45, 7) is 3.77. The highest BCUT2D eigenvalue weighted by Crippen LogP contribution is 2.17. The van der Waals surface area contributed by atoms with Gasteiger partial charge >= 0.3 is 12.0 Å².